The second-order valence-corrected chi connectivity index (χ2v) is 6.30. The topological polar surface area (TPSA) is 37.4 Å². The molecular formula is C11H14ClNO2S. The average molecular weight is 260 g/mol. The van der Waals surface area contributed by atoms with Crippen molar-refractivity contribution in [1.82, 2.24) is 4.31 Å². The van der Waals surface area contributed by atoms with Gasteiger partial charge in [-0.3, -0.25) is 0 Å². The summed E-state index contributed by atoms with van der Waals surface area (Å²) in [7, 11) is -3.42. The molecule has 0 amide bonds. The molecule has 0 bridgehead atoms. The highest BCUT2D eigenvalue weighted by Gasteiger charge is 2.33. The van der Waals surface area contributed by atoms with Crippen molar-refractivity contribution in [2.24, 2.45) is 0 Å². The maximum absolute atomic E-state index is 12.3. The third kappa shape index (κ3) is 1.97. The van der Waals surface area contributed by atoms with Crippen molar-refractivity contribution >= 4 is 21.6 Å². The van der Waals surface area contributed by atoms with Crippen LogP contribution in [0.5, 0.6) is 0 Å². The van der Waals surface area contributed by atoms with Crippen LogP contribution in [0.15, 0.2) is 29.2 Å². The van der Waals surface area contributed by atoms with Crippen LogP contribution in [0.3, 0.4) is 0 Å². The van der Waals surface area contributed by atoms with Gasteiger partial charge in [0.05, 0.1) is 5.02 Å². The van der Waals surface area contributed by atoms with E-state index >= 15 is 0 Å². The summed E-state index contributed by atoms with van der Waals surface area (Å²) in [6.07, 6.45) is 1.84. The summed E-state index contributed by atoms with van der Waals surface area (Å²) < 4.78 is 26.2. The molecule has 0 aliphatic carbocycles. The second-order valence-electron chi connectivity index (χ2n) is 4.04. The van der Waals surface area contributed by atoms with E-state index in [-0.39, 0.29) is 10.9 Å². The predicted octanol–water partition coefficient (Wildman–Crippen LogP) is 2.51. The summed E-state index contributed by atoms with van der Waals surface area (Å²) in [4.78, 5) is 0.213. The monoisotopic (exact) mass is 259 g/mol. The highest BCUT2D eigenvalue weighted by atomic mass is 35.5. The van der Waals surface area contributed by atoms with Gasteiger partial charge in [0.25, 0.3) is 0 Å². The molecule has 1 aliphatic heterocycles. The van der Waals surface area contributed by atoms with E-state index < -0.39 is 10.0 Å². The van der Waals surface area contributed by atoms with E-state index in [1.54, 1.807) is 24.3 Å². The zero-order chi connectivity index (χ0) is 11.8. The molecule has 5 heteroatoms. The smallest absolute Gasteiger partial charge is 0.207 e. The zero-order valence-electron chi connectivity index (χ0n) is 9.06. The van der Waals surface area contributed by atoms with Gasteiger partial charge >= 0.3 is 0 Å². The maximum Gasteiger partial charge on any atom is 0.244 e. The van der Waals surface area contributed by atoms with Crippen molar-refractivity contribution in [2.45, 2.75) is 30.7 Å². The first kappa shape index (κ1) is 11.9. The Labute approximate surface area is 101 Å². The van der Waals surface area contributed by atoms with Gasteiger partial charge in [0.1, 0.15) is 4.90 Å². The van der Waals surface area contributed by atoms with Crippen molar-refractivity contribution in [3.63, 3.8) is 0 Å². The molecule has 2 rings (SSSR count). The first-order chi connectivity index (χ1) is 7.53. The van der Waals surface area contributed by atoms with Crippen LogP contribution in [0.2, 0.25) is 5.02 Å². The van der Waals surface area contributed by atoms with Gasteiger partial charge in [0.15, 0.2) is 0 Å². The Morgan fingerprint density at radius 2 is 2.06 bits per heavy atom. The van der Waals surface area contributed by atoms with Crippen LogP contribution >= 0.6 is 11.6 Å². The first-order valence-electron chi connectivity index (χ1n) is 5.30. The normalized spacial score (nSPS) is 22.5. The number of halogens is 1. The molecule has 1 fully saturated rings. The van der Waals surface area contributed by atoms with Crippen LogP contribution in [-0.2, 0) is 10.0 Å². The van der Waals surface area contributed by atoms with E-state index in [0.29, 0.717) is 11.6 Å². The minimum Gasteiger partial charge on any atom is -0.207 e. The molecule has 16 heavy (non-hydrogen) atoms. The van der Waals surface area contributed by atoms with E-state index in [1.807, 2.05) is 6.92 Å². The van der Waals surface area contributed by atoms with E-state index in [0.717, 1.165) is 12.8 Å². The molecule has 1 heterocycles. The van der Waals surface area contributed by atoms with E-state index in [1.165, 1.54) is 4.31 Å². The molecule has 88 valence electrons. The lowest BCUT2D eigenvalue weighted by molar-refractivity contribution is 0.408. The van der Waals surface area contributed by atoms with Gasteiger partial charge in [-0.25, -0.2) is 8.42 Å². The van der Waals surface area contributed by atoms with Crippen LogP contribution in [0.1, 0.15) is 19.8 Å². The molecule has 0 saturated carbocycles. The van der Waals surface area contributed by atoms with Crippen LogP contribution in [0, 0.1) is 0 Å². The maximum atomic E-state index is 12.3. The number of benzene rings is 1. The Morgan fingerprint density at radius 3 is 2.62 bits per heavy atom. The SMILES string of the molecule is CC1CCCN1S(=O)(=O)c1ccccc1Cl. The molecule has 0 aromatic heterocycles. The lowest BCUT2D eigenvalue weighted by Gasteiger charge is -2.21. The molecule has 0 spiro atoms. The first-order valence-corrected chi connectivity index (χ1v) is 7.11. The quantitative estimate of drug-likeness (QED) is 0.818. The van der Waals surface area contributed by atoms with Crippen LogP contribution in [0.25, 0.3) is 0 Å². The van der Waals surface area contributed by atoms with Gasteiger partial charge < -0.3 is 0 Å². The molecule has 1 saturated heterocycles. The standard InChI is InChI=1S/C11H14ClNO2S/c1-9-5-4-8-13(9)16(14,15)11-7-3-2-6-10(11)12/h2-3,6-7,9H,4-5,8H2,1H3. The van der Waals surface area contributed by atoms with Crippen molar-refractivity contribution in [3.8, 4) is 0 Å². The summed E-state index contributed by atoms with van der Waals surface area (Å²) in [5, 5.41) is 0.293. The van der Waals surface area contributed by atoms with Crippen molar-refractivity contribution in [1.29, 1.82) is 0 Å². The number of hydrogen-bond donors (Lipinski definition) is 0. The Bertz CT molecular complexity index is 487. The van der Waals surface area contributed by atoms with Crippen molar-refractivity contribution < 1.29 is 8.42 Å². The molecular weight excluding hydrogens is 246 g/mol. The molecule has 1 aromatic rings. The van der Waals surface area contributed by atoms with E-state index in [4.69, 9.17) is 11.6 Å². The fourth-order valence-electron chi connectivity index (χ4n) is 2.04. The third-order valence-corrected chi connectivity index (χ3v) is 5.43. The largest absolute Gasteiger partial charge is 0.244 e. The lowest BCUT2D eigenvalue weighted by atomic mass is 10.3. The summed E-state index contributed by atoms with van der Waals surface area (Å²) >= 11 is 5.93. The molecule has 0 N–H and O–H groups in total. The van der Waals surface area contributed by atoms with E-state index in [2.05, 4.69) is 0 Å². The Balaban J connectivity index is 2.43. The van der Waals surface area contributed by atoms with Gasteiger partial charge in [-0.2, -0.15) is 4.31 Å². The van der Waals surface area contributed by atoms with Crippen LogP contribution < -0.4 is 0 Å². The van der Waals surface area contributed by atoms with E-state index in [9.17, 15) is 8.42 Å². The molecule has 1 unspecified atom stereocenters. The van der Waals surface area contributed by atoms with Gasteiger partial charge in [-0.05, 0) is 31.9 Å². The number of sulfonamides is 1. The Hall–Kier alpha value is -0.580. The summed E-state index contributed by atoms with van der Waals surface area (Å²) in [6, 6.07) is 6.66. The second kappa shape index (κ2) is 4.35. The lowest BCUT2D eigenvalue weighted by Crippen LogP contribution is -2.33. The third-order valence-electron chi connectivity index (χ3n) is 2.92. The van der Waals surface area contributed by atoms with Gasteiger partial charge in [0.2, 0.25) is 10.0 Å². The zero-order valence-corrected chi connectivity index (χ0v) is 10.6. The van der Waals surface area contributed by atoms with Gasteiger partial charge in [0, 0.05) is 12.6 Å². The highest BCUT2D eigenvalue weighted by Crippen LogP contribution is 2.29. The number of hydrogen-bond acceptors (Lipinski definition) is 2. The summed E-state index contributed by atoms with van der Waals surface area (Å²) in [6.45, 7) is 2.52. The number of rotatable bonds is 2. The van der Waals surface area contributed by atoms with Crippen molar-refractivity contribution in [3.05, 3.63) is 29.3 Å². The fraction of sp³-hybridized carbons (Fsp3) is 0.455. The molecule has 1 atom stereocenters. The minimum absolute atomic E-state index is 0.0706. The van der Waals surface area contributed by atoms with Crippen LogP contribution in [-0.4, -0.2) is 25.3 Å². The minimum atomic E-state index is -3.42. The van der Waals surface area contributed by atoms with Gasteiger partial charge in [-0.1, -0.05) is 23.7 Å². The van der Waals surface area contributed by atoms with Crippen LogP contribution in [0.4, 0.5) is 0 Å². The molecule has 1 aliphatic rings. The highest BCUT2D eigenvalue weighted by molar-refractivity contribution is 7.89. The summed E-state index contributed by atoms with van der Waals surface area (Å²) in [5.74, 6) is 0. The number of nitrogens with zero attached hydrogens (tertiary/aromatic N) is 1. The molecule has 3 nitrogen and oxygen atoms in total. The average Bonchev–Trinajstić information content (AvgIpc) is 2.65. The molecule has 0 radical (unpaired) electrons. The summed E-state index contributed by atoms with van der Waals surface area (Å²) in [5.41, 5.74) is 0. The Morgan fingerprint density at radius 1 is 1.38 bits per heavy atom. The fourth-order valence-corrected chi connectivity index (χ4v) is 4.24. The molecule has 1 aromatic carbocycles. The Kier molecular flexibility index (Phi) is 3.24. The predicted molar refractivity (Wildman–Crippen MR) is 64.0 cm³/mol. The van der Waals surface area contributed by atoms with Crippen molar-refractivity contribution in [2.75, 3.05) is 6.54 Å². The van der Waals surface area contributed by atoms with Gasteiger partial charge in [-0.15, -0.1) is 0 Å².